The minimum absolute atomic E-state index is 0.364. The van der Waals surface area contributed by atoms with Gasteiger partial charge in [-0.05, 0) is 26.7 Å². The Kier molecular flexibility index (Phi) is 3.10. The molecule has 15 heavy (non-hydrogen) atoms. The summed E-state index contributed by atoms with van der Waals surface area (Å²) in [6.07, 6.45) is 9.25. The van der Waals surface area contributed by atoms with E-state index in [-0.39, 0.29) is 0 Å². The Bertz CT molecular complexity index is 310. The van der Waals surface area contributed by atoms with Crippen molar-refractivity contribution in [2.45, 2.75) is 58.2 Å². The lowest BCUT2D eigenvalue weighted by Crippen LogP contribution is -2.39. The summed E-state index contributed by atoms with van der Waals surface area (Å²) < 4.78 is 2.20. The van der Waals surface area contributed by atoms with E-state index in [1.54, 1.807) is 0 Å². The number of nitrogens with zero attached hydrogens (tertiary/aromatic N) is 2. The lowest BCUT2D eigenvalue weighted by molar-refractivity contribution is 0.357. The molecular formula is C12H21N3. The van der Waals surface area contributed by atoms with Crippen LogP contribution in [0.2, 0.25) is 0 Å². The molecule has 1 aliphatic carbocycles. The van der Waals surface area contributed by atoms with Crippen LogP contribution >= 0.6 is 0 Å². The van der Waals surface area contributed by atoms with E-state index < -0.39 is 0 Å². The van der Waals surface area contributed by atoms with Gasteiger partial charge in [-0.1, -0.05) is 12.8 Å². The third-order valence-electron chi connectivity index (χ3n) is 3.54. The summed E-state index contributed by atoms with van der Waals surface area (Å²) in [6, 6.07) is 0. The van der Waals surface area contributed by atoms with Gasteiger partial charge in [-0.2, -0.15) is 0 Å². The summed E-state index contributed by atoms with van der Waals surface area (Å²) in [5.41, 5.74) is 1.66. The van der Waals surface area contributed by atoms with Crippen molar-refractivity contribution in [1.29, 1.82) is 0 Å². The van der Waals surface area contributed by atoms with Crippen LogP contribution in [0.1, 0.15) is 45.2 Å². The summed E-state index contributed by atoms with van der Waals surface area (Å²) in [5, 5.41) is 3.67. The zero-order chi connectivity index (χ0) is 10.7. The fourth-order valence-electron chi connectivity index (χ4n) is 2.42. The van der Waals surface area contributed by atoms with Gasteiger partial charge in [0.05, 0.1) is 12.0 Å². The summed E-state index contributed by atoms with van der Waals surface area (Å²) in [4.78, 5) is 4.18. The Hall–Kier alpha value is -0.830. The molecule has 1 saturated carbocycles. The molecule has 0 saturated heterocycles. The zero-order valence-corrected chi connectivity index (χ0v) is 9.79. The van der Waals surface area contributed by atoms with E-state index in [9.17, 15) is 0 Å². The SMILES string of the molecule is CCn1cncc1CNC1(C)CCCC1. The molecule has 84 valence electrons. The van der Waals surface area contributed by atoms with Gasteiger partial charge in [-0.3, -0.25) is 0 Å². The summed E-state index contributed by atoms with van der Waals surface area (Å²) in [7, 11) is 0. The number of imidazole rings is 1. The van der Waals surface area contributed by atoms with Crippen LogP contribution in [-0.4, -0.2) is 15.1 Å². The van der Waals surface area contributed by atoms with Gasteiger partial charge >= 0.3 is 0 Å². The maximum absolute atomic E-state index is 4.18. The summed E-state index contributed by atoms with van der Waals surface area (Å²) in [6.45, 7) is 6.45. The average molecular weight is 207 g/mol. The standard InChI is InChI=1S/C12H21N3/c1-3-15-10-13-8-11(15)9-14-12(2)6-4-5-7-12/h8,10,14H,3-7,9H2,1-2H3. The number of aromatic nitrogens is 2. The van der Waals surface area contributed by atoms with Crippen molar-refractivity contribution in [2.24, 2.45) is 0 Å². The molecule has 0 amide bonds. The van der Waals surface area contributed by atoms with E-state index in [1.807, 2.05) is 12.5 Å². The molecule has 0 unspecified atom stereocenters. The van der Waals surface area contributed by atoms with E-state index >= 15 is 0 Å². The molecule has 3 heteroatoms. The van der Waals surface area contributed by atoms with E-state index in [4.69, 9.17) is 0 Å². The Morgan fingerprint density at radius 1 is 1.47 bits per heavy atom. The molecule has 0 radical (unpaired) electrons. The highest BCUT2D eigenvalue weighted by molar-refractivity contribution is 5.00. The number of aryl methyl sites for hydroxylation is 1. The lowest BCUT2D eigenvalue weighted by atomic mass is 10.0. The van der Waals surface area contributed by atoms with Crippen LogP contribution in [-0.2, 0) is 13.1 Å². The fraction of sp³-hybridized carbons (Fsp3) is 0.750. The van der Waals surface area contributed by atoms with Crippen molar-refractivity contribution < 1.29 is 0 Å². The molecule has 2 rings (SSSR count). The van der Waals surface area contributed by atoms with Crippen molar-refractivity contribution in [3.05, 3.63) is 18.2 Å². The van der Waals surface area contributed by atoms with Crippen LogP contribution in [0.15, 0.2) is 12.5 Å². The summed E-state index contributed by atoms with van der Waals surface area (Å²) >= 11 is 0. The highest BCUT2D eigenvalue weighted by Gasteiger charge is 2.27. The van der Waals surface area contributed by atoms with Gasteiger partial charge in [0.15, 0.2) is 0 Å². The second-order valence-corrected chi connectivity index (χ2v) is 4.79. The highest BCUT2D eigenvalue weighted by Crippen LogP contribution is 2.29. The quantitative estimate of drug-likeness (QED) is 0.821. The molecule has 1 heterocycles. The first kappa shape index (κ1) is 10.7. The van der Waals surface area contributed by atoms with Crippen molar-refractivity contribution in [2.75, 3.05) is 0 Å². The van der Waals surface area contributed by atoms with Crippen LogP contribution < -0.4 is 5.32 Å². The molecular weight excluding hydrogens is 186 g/mol. The van der Waals surface area contributed by atoms with Gasteiger partial charge in [0.2, 0.25) is 0 Å². The maximum Gasteiger partial charge on any atom is 0.0948 e. The van der Waals surface area contributed by atoms with Gasteiger partial charge in [0.1, 0.15) is 0 Å². The normalized spacial score (nSPS) is 19.6. The second kappa shape index (κ2) is 4.35. The number of rotatable bonds is 4. The number of nitrogens with one attached hydrogen (secondary N) is 1. The maximum atomic E-state index is 4.18. The molecule has 1 aromatic heterocycles. The zero-order valence-electron chi connectivity index (χ0n) is 9.79. The Labute approximate surface area is 91.9 Å². The third-order valence-corrected chi connectivity index (χ3v) is 3.54. The van der Waals surface area contributed by atoms with Gasteiger partial charge < -0.3 is 9.88 Å². The minimum atomic E-state index is 0.364. The summed E-state index contributed by atoms with van der Waals surface area (Å²) in [5.74, 6) is 0. The highest BCUT2D eigenvalue weighted by atomic mass is 15.1. The largest absolute Gasteiger partial charge is 0.334 e. The first-order valence-corrected chi connectivity index (χ1v) is 5.97. The first-order valence-electron chi connectivity index (χ1n) is 5.97. The Balaban J connectivity index is 1.92. The van der Waals surface area contributed by atoms with Crippen LogP contribution in [0.5, 0.6) is 0 Å². The van der Waals surface area contributed by atoms with Crippen molar-refractivity contribution in [3.63, 3.8) is 0 Å². The fourth-order valence-corrected chi connectivity index (χ4v) is 2.42. The Morgan fingerprint density at radius 3 is 2.87 bits per heavy atom. The first-order chi connectivity index (χ1) is 7.23. The molecule has 0 bridgehead atoms. The minimum Gasteiger partial charge on any atom is -0.334 e. The van der Waals surface area contributed by atoms with Gasteiger partial charge in [-0.25, -0.2) is 4.98 Å². The van der Waals surface area contributed by atoms with Gasteiger partial charge in [0.25, 0.3) is 0 Å². The van der Waals surface area contributed by atoms with Crippen LogP contribution in [0.25, 0.3) is 0 Å². The third kappa shape index (κ3) is 2.40. The number of hydrogen-bond donors (Lipinski definition) is 1. The molecule has 1 fully saturated rings. The van der Waals surface area contributed by atoms with E-state index in [0.29, 0.717) is 5.54 Å². The smallest absolute Gasteiger partial charge is 0.0948 e. The van der Waals surface area contributed by atoms with Crippen LogP contribution in [0.4, 0.5) is 0 Å². The van der Waals surface area contributed by atoms with E-state index in [0.717, 1.165) is 13.1 Å². The van der Waals surface area contributed by atoms with Gasteiger partial charge in [-0.15, -0.1) is 0 Å². The molecule has 3 nitrogen and oxygen atoms in total. The molecule has 0 aromatic carbocycles. The molecule has 1 aromatic rings. The molecule has 0 aliphatic heterocycles. The van der Waals surface area contributed by atoms with E-state index in [2.05, 4.69) is 28.7 Å². The average Bonchev–Trinajstić information content (AvgIpc) is 2.84. The topological polar surface area (TPSA) is 29.9 Å². The number of hydrogen-bond acceptors (Lipinski definition) is 2. The van der Waals surface area contributed by atoms with E-state index in [1.165, 1.54) is 31.4 Å². The Morgan fingerprint density at radius 2 is 2.20 bits per heavy atom. The lowest BCUT2D eigenvalue weighted by Gasteiger charge is -2.25. The molecule has 0 spiro atoms. The second-order valence-electron chi connectivity index (χ2n) is 4.79. The van der Waals surface area contributed by atoms with Crippen molar-refractivity contribution in [3.8, 4) is 0 Å². The van der Waals surface area contributed by atoms with Crippen molar-refractivity contribution in [1.82, 2.24) is 14.9 Å². The molecule has 0 atom stereocenters. The van der Waals surface area contributed by atoms with Crippen molar-refractivity contribution >= 4 is 0 Å². The van der Waals surface area contributed by atoms with Crippen LogP contribution in [0, 0.1) is 0 Å². The monoisotopic (exact) mass is 207 g/mol. The predicted octanol–water partition coefficient (Wildman–Crippen LogP) is 2.33. The molecule has 1 aliphatic rings. The van der Waals surface area contributed by atoms with Gasteiger partial charge in [0, 0.05) is 24.8 Å². The predicted molar refractivity (Wildman–Crippen MR) is 61.6 cm³/mol. The molecule has 1 N–H and O–H groups in total. The van der Waals surface area contributed by atoms with Crippen LogP contribution in [0.3, 0.4) is 0 Å².